The van der Waals surface area contributed by atoms with E-state index in [0.717, 1.165) is 29.7 Å². The normalized spacial score (nSPS) is 13.0. The predicted octanol–water partition coefficient (Wildman–Crippen LogP) is 2.79. The average Bonchev–Trinajstić information content (AvgIpc) is 2.29. The molecule has 1 aromatic rings. The molecule has 0 saturated heterocycles. The molecule has 0 aromatic carbocycles. The van der Waals surface area contributed by atoms with Crippen LogP contribution in [0.15, 0.2) is 22.8 Å². The van der Waals surface area contributed by atoms with E-state index in [2.05, 4.69) is 47.0 Å². The minimum atomic E-state index is 0.272. The Morgan fingerprint density at radius 1 is 1.41 bits per heavy atom. The van der Waals surface area contributed by atoms with Gasteiger partial charge in [-0.25, -0.2) is 0 Å². The van der Waals surface area contributed by atoms with Crippen molar-refractivity contribution in [2.45, 2.75) is 39.3 Å². The van der Waals surface area contributed by atoms with Crippen LogP contribution in [0.5, 0.6) is 0 Å². The van der Waals surface area contributed by atoms with Crippen molar-refractivity contribution in [2.75, 3.05) is 13.2 Å². The molecule has 0 saturated carbocycles. The molecule has 0 spiro atoms. The predicted molar refractivity (Wildman–Crippen MR) is 74.2 cm³/mol. The molecule has 17 heavy (non-hydrogen) atoms. The summed E-state index contributed by atoms with van der Waals surface area (Å²) in [4.78, 5) is 4.39. The Morgan fingerprint density at radius 3 is 2.71 bits per heavy atom. The number of hydrogen-bond acceptors (Lipinski definition) is 3. The van der Waals surface area contributed by atoms with Gasteiger partial charge in [0.2, 0.25) is 0 Å². The molecule has 0 aliphatic carbocycles. The van der Waals surface area contributed by atoms with Gasteiger partial charge in [-0.15, -0.1) is 0 Å². The van der Waals surface area contributed by atoms with E-state index in [4.69, 9.17) is 4.74 Å². The highest BCUT2D eigenvalue weighted by Crippen LogP contribution is 2.09. The zero-order chi connectivity index (χ0) is 12.7. The quantitative estimate of drug-likeness (QED) is 0.841. The van der Waals surface area contributed by atoms with Gasteiger partial charge in [-0.2, -0.15) is 0 Å². The zero-order valence-electron chi connectivity index (χ0n) is 10.7. The van der Waals surface area contributed by atoms with Gasteiger partial charge in [0.1, 0.15) is 0 Å². The molecule has 1 N–H and O–H groups in total. The second kappa shape index (κ2) is 7.80. The van der Waals surface area contributed by atoms with Crippen molar-refractivity contribution < 1.29 is 4.74 Å². The molecule has 0 bridgehead atoms. The highest BCUT2D eigenvalue weighted by molar-refractivity contribution is 9.10. The van der Waals surface area contributed by atoms with Gasteiger partial charge in [0.25, 0.3) is 0 Å². The molecule has 1 atom stereocenters. The van der Waals surface area contributed by atoms with Crippen LogP contribution in [0.2, 0.25) is 0 Å². The Hall–Kier alpha value is -0.450. The molecule has 0 aliphatic heterocycles. The van der Waals surface area contributed by atoms with E-state index in [1.807, 2.05) is 18.3 Å². The molecule has 1 unspecified atom stereocenters. The third-order valence-corrected chi connectivity index (χ3v) is 2.84. The van der Waals surface area contributed by atoms with E-state index in [-0.39, 0.29) is 6.10 Å². The number of nitrogens with zero attached hydrogens (tertiary/aromatic N) is 1. The summed E-state index contributed by atoms with van der Waals surface area (Å²) in [6.45, 7) is 7.89. The first kappa shape index (κ1) is 14.6. The molecule has 0 fully saturated rings. The van der Waals surface area contributed by atoms with Crippen molar-refractivity contribution in [3.8, 4) is 0 Å². The van der Waals surface area contributed by atoms with E-state index < -0.39 is 0 Å². The summed E-state index contributed by atoms with van der Waals surface area (Å²) in [5.74, 6) is 0. The minimum Gasteiger partial charge on any atom is -0.377 e. The molecule has 4 heteroatoms. The van der Waals surface area contributed by atoms with Crippen LogP contribution in [0.1, 0.15) is 26.5 Å². The zero-order valence-corrected chi connectivity index (χ0v) is 12.3. The monoisotopic (exact) mass is 300 g/mol. The van der Waals surface area contributed by atoms with Crippen molar-refractivity contribution in [1.82, 2.24) is 10.3 Å². The van der Waals surface area contributed by atoms with E-state index in [1.165, 1.54) is 0 Å². The molecule has 1 heterocycles. The van der Waals surface area contributed by atoms with Crippen molar-refractivity contribution in [2.24, 2.45) is 0 Å². The summed E-state index contributed by atoms with van der Waals surface area (Å²) < 4.78 is 6.67. The van der Waals surface area contributed by atoms with Gasteiger partial charge in [0, 0.05) is 28.8 Å². The molecular formula is C13H21BrN2O. The van der Waals surface area contributed by atoms with Crippen LogP contribution < -0.4 is 5.32 Å². The van der Waals surface area contributed by atoms with Crippen LogP contribution in [-0.2, 0) is 11.2 Å². The molecule has 0 radical (unpaired) electrons. The number of pyridine rings is 1. The summed E-state index contributed by atoms with van der Waals surface area (Å²) in [5.41, 5.74) is 1.09. The average molecular weight is 301 g/mol. The minimum absolute atomic E-state index is 0.272. The number of hydrogen-bond donors (Lipinski definition) is 1. The smallest absolute Gasteiger partial charge is 0.0626 e. The standard InChI is InChI=1S/C13H21BrN2O/c1-4-15-13(9-17-10(2)3)7-12-6-5-11(14)8-16-12/h5-6,8,10,13,15H,4,7,9H2,1-3H3. The summed E-state index contributed by atoms with van der Waals surface area (Å²) in [7, 11) is 0. The number of aromatic nitrogens is 1. The molecule has 1 rings (SSSR count). The fourth-order valence-corrected chi connectivity index (χ4v) is 1.80. The second-order valence-corrected chi connectivity index (χ2v) is 5.22. The maximum absolute atomic E-state index is 5.65. The third kappa shape index (κ3) is 6.15. The summed E-state index contributed by atoms with van der Waals surface area (Å²) in [5, 5.41) is 3.42. The molecule has 3 nitrogen and oxygen atoms in total. The lowest BCUT2D eigenvalue weighted by molar-refractivity contribution is 0.0614. The Balaban J connectivity index is 2.50. The summed E-state index contributed by atoms with van der Waals surface area (Å²) >= 11 is 3.39. The van der Waals surface area contributed by atoms with Crippen LogP contribution in [0.3, 0.4) is 0 Å². The maximum Gasteiger partial charge on any atom is 0.0626 e. The van der Waals surface area contributed by atoms with E-state index in [9.17, 15) is 0 Å². The van der Waals surface area contributed by atoms with Gasteiger partial charge in [-0.3, -0.25) is 4.98 Å². The van der Waals surface area contributed by atoms with Crippen LogP contribution in [0, 0.1) is 0 Å². The van der Waals surface area contributed by atoms with E-state index in [0.29, 0.717) is 6.04 Å². The Labute approximate surface area is 112 Å². The first-order valence-corrected chi connectivity index (χ1v) is 6.86. The number of nitrogens with one attached hydrogen (secondary N) is 1. The molecule has 1 aromatic heterocycles. The van der Waals surface area contributed by atoms with Gasteiger partial charge in [0.15, 0.2) is 0 Å². The largest absolute Gasteiger partial charge is 0.377 e. The van der Waals surface area contributed by atoms with Crippen molar-refractivity contribution in [3.05, 3.63) is 28.5 Å². The lowest BCUT2D eigenvalue weighted by Crippen LogP contribution is -2.36. The van der Waals surface area contributed by atoms with Crippen LogP contribution in [-0.4, -0.2) is 30.3 Å². The first-order chi connectivity index (χ1) is 8.11. The molecular weight excluding hydrogens is 280 g/mol. The van der Waals surface area contributed by atoms with Crippen LogP contribution >= 0.6 is 15.9 Å². The molecule has 96 valence electrons. The third-order valence-electron chi connectivity index (χ3n) is 2.37. The van der Waals surface area contributed by atoms with Gasteiger partial charge in [-0.1, -0.05) is 6.92 Å². The van der Waals surface area contributed by atoms with Crippen LogP contribution in [0.4, 0.5) is 0 Å². The van der Waals surface area contributed by atoms with Crippen molar-refractivity contribution in [1.29, 1.82) is 0 Å². The van der Waals surface area contributed by atoms with Crippen molar-refractivity contribution in [3.63, 3.8) is 0 Å². The molecule has 0 amide bonds. The maximum atomic E-state index is 5.65. The second-order valence-electron chi connectivity index (χ2n) is 4.31. The van der Waals surface area contributed by atoms with Gasteiger partial charge in [-0.05, 0) is 48.5 Å². The number of rotatable bonds is 7. The first-order valence-electron chi connectivity index (χ1n) is 6.07. The Morgan fingerprint density at radius 2 is 2.18 bits per heavy atom. The SMILES string of the molecule is CCNC(COC(C)C)Cc1ccc(Br)cn1. The molecule has 0 aliphatic rings. The van der Waals surface area contributed by atoms with E-state index >= 15 is 0 Å². The Bertz CT molecular complexity index is 314. The van der Waals surface area contributed by atoms with Crippen molar-refractivity contribution >= 4 is 15.9 Å². The Kier molecular flexibility index (Phi) is 6.70. The van der Waals surface area contributed by atoms with E-state index in [1.54, 1.807) is 0 Å². The highest BCUT2D eigenvalue weighted by atomic mass is 79.9. The lowest BCUT2D eigenvalue weighted by Gasteiger charge is -2.19. The fraction of sp³-hybridized carbons (Fsp3) is 0.615. The van der Waals surface area contributed by atoms with Crippen LogP contribution in [0.25, 0.3) is 0 Å². The lowest BCUT2D eigenvalue weighted by atomic mass is 10.1. The summed E-state index contributed by atoms with van der Waals surface area (Å²) in [6, 6.07) is 4.40. The number of halogens is 1. The number of likely N-dealkylation sites (N-methyl/N-ethyl adjacent to an activating group) is 1. The van der Waals surface area contributed by atoms with Gasteiger partial charge >= 0.3 is 0 Å². The highest BCUT2D eigenvalue weighted by Gasteiger charge is 2.10. The fourth-order valence-electron chi connectivity index (χ4n) is 1.57. The number of ether oxygens (including phenoxy) is 1. The van der Waals surface area contributed by atoms with Gasteiger partial charge < -0.3 is 10.1 Å². The van der Waals surface area contributed by atoms with Gasteiger partial charge in [0.05, 0.1) is 12.7 Å². The summed E-state index contributed by atoms with van der Waals surface area (Å²) in [6.07, 6.45) is 3.00. The topological polar surface area (TPSA) is 34.1 Å².